The summed E-state index contributed by atoms with van der Waals surface area (Å²) in [6.07, 6.45) is 1.04. The second-order valence-electron chi connectivity index (χ2n) is 5.05. The monoisotopic (exact) mass is 253 g/mol. The quantitative estimate of drug-likeness (QED) is 0.900. The molecule has 0 amide bonds. The van der Waals surface area contributed by atoms with Crippen molar-refractivity contribution < 1.29 is 4.74 Å². The summed E-state index contributed by atoms with van der Waals surface area (Å²) in [5, 5.41) is 3.57. The highest BCUT2D eigenvalue weighted by molar-refractivity contribution is 5.39. The lowest BCUT2D eigenvalue weighted by Crippen LogP contribution is -2.18. The van der Waals surface area contributed by atoms with Crippen molar-refractivity contribution in [2.45, 2.75) is 25.9 Å². The van der Waals surface area contributed by atoms with Crippen LogP contribution in [0.3, 0.4) is 0 Å². The molecule has 0 bridgehead atoms. The van der Waals surface area contributed by atoms with Crippen molar-refractivity contribution in [2.24, 2.45) is 0 Å². The second-order valence-corrected chi connectivity index (χ2v) is 5.05. The predicted octanol–water partition coefficient (Wildman–Crippen LogP) is 3.47. The molecular formula is C17H19NO. The van der Waals surface area contributed by atoms with Gasteiger partial charge in [-0.05, 0) is 29.7 Å². The Kier molecular flexibility index (Phi) is 3.51. The minimum atomic E-state index is 0.366. The van der Waals surface area contributed by atoms with Crippen molar-refractivity contribution in [3.63, 3.8) is 0 Å². The molecular weight excluding hydrogens is 234 g/mol. The molecule has 1 N–H and O–H groups in total. The molecule has 0 aromatic heterocycles. The molecule has 2 aromatic carbocycles. The van der Waals surface area contributed by atoms with E-state index >= 15 is 0 Å². The molecule has 0 saturated heterocycles. The predicted molar refractivity (Wildman–Crippen MR) is 77.3 cm³/mol. The molecule has 0 spiro atoms. The van der Waals surface area contributed by atoms with E-state index in [1.807, 2.05) is 0 Å². The molecule has 1 atom stereocenters. The minimum Gasteiger partial charge on any atom is -0.493 e. The van der Waals surface area contributed by atoms with Crippen LogP contribution in [0.15, 0.2) is 48.5 Å². The zero-order valence-electron chi connectivity index (χ0n) is 11.2. The summed E-state index contributed by atoms with van der Waals surface area (Å²) in [4.78, 5) is 0. The fraction of sp³-hybridized carbons (Fsp3) is 0.294. The zero-order valence-corrected chi connectivity index (χ0v) is 11.2. The number of fused-ring (bicyclic) bond motifs is 1. The first kappa shape index (κ1) is 12.2. The molecule has 0 aliphatic carbocycles. The highest BCUT2D eigenvalue weighted by Crippen LogP contribution is 2.26. The number of hydrogen-bond donors (Lipinski definition) is 1. The summed E-state index contributed by atoms with van der Waals surface area (Å²) in [6, 6.07) is 17.4. The first-order chi connectivity index (χ1) is 9.33. The van der Waals surface area contributed by atoms with E-state index in [4.69, 9.17) is 4.74 Å². The van der Waals surface area contributed by atoms with E-state index in [-0.39, 0.29) is 0 Å². The van der Waals surface area contributed by atoms with E-state index in [2.05, 4.69) is 60.8 Å². The van der Waals surface area contributed by atoms with E-state index in [9.17, 15) is 0 Å². The fourth-order valence-electron chi connectivity index (χ4n) is 2.48. The lowest BCUT2D eigenvalue weighted by Gasteiger charge is -2.14. The summed E-state index contributed by atoms with van der Waals surface area (Å²) >= 11 is 0. The van der Waals surface area contributed by atoms with Crippen LogP contribution in [0.4, 0.5) is 0 Å². The highest BCUT2D eigenvalue weighted by Gasteiger charge is 2.12. The van der Waals surface area contributed by atoms with Crippen LogP contribution in [0.1, 0.15) is 29.7 Å². The Morgan fingerprint density at radius 2 is 2.00 bits per heavy atom. The summed E-state index contributed by atoms with van der Waals surface area (Å²) < 4.78 is 5.53. The van der Waals surface area contributed by atoms with E-state index in [0.717, 1.165) is 25.3 Å². The lowest BCUT2D eigenvalue weighted by molar-refractivity contribution is 0.357. The van der Waals surface area contributed by atoms with Gasteiger partial charge >= 0.3 is 0 Å². The van der Waals surface area contributed by atoms with E-state index in [0.29, 0.717) is 6.04 Å². The zero-order chi connectivity index (χ0) is 13.1. The van der Waals surface area contributed by atoms with Crippen LogP contribution in [-0.4, -0.2) is 6.61 Å². The van der Waals surface area contributed by atoms with Gasteiger partial charge in [-0.25, -0.2) is 0 Å². The van der Waals surface area contributed by atoms with Gasteiger partial charge in [0.15, 0.2) is 0 Å². The van der Waals surface area contributed by atoms with Crippen LogP contribution in [0.25, 0.3) is 0 Å². The number of benzene rings is 2. The van der Waals surface area contributed by atoms with Crippen molar-refractivity contribution in [3.05, 3.63) is 65.2 Å². The first-order valence-electron chi connectivity index (χ1n) is 6.86. The average Bonchev–Trinajstić information content (AvgIpc) is 2.93. The van der Waals surface area contributed by atoms with Crippen molar-refractivity contribution in [1.82, 2.24) is 5.32 Å². The molecule has 0 unspecified atom stereocenters. The largest absolute Gasteiger partial charge is 0.493 e. The summed E-state index contributed by atoms with van der Waals surface area (Å²) in [6.45, 7) is 3.92. The Morgan fingerprint density at radius 3 is 2.84 bits per heavy atom. The van der Waals surface area contributed by atoms with Crippen molar-refractivity contribution in [2.75, 3.05) is 6.61 Å². The van der Waals surface area contributed by atoms with Crippen molar-refractivity contribution in [3.8, 4) is 5.75 Å². The topological polar surface area (TPSA) is 21.3 Å². The maximum absolute atomic E-state index is 5.53. The lowest BCUT2D eigenvalue weighted by atomic mass is 10.1. The van der Waals surface area contributed by atoms with Gasteiger partial charge in [-0.3, -0.25) is 0 Å². The van der Waals surface area contributed by atoms with Gasteiger partial charge in [0.1, 0.15) is 5.75 Å². The Morgan fingerprint density at radius 1 is 1.16 bits per heavy atom. The molecule has 1 aliphatic heterocycles. The Labute approximate surface area is 114 Å². The molecule has 1 heterocycles. The molecule has 0 saturated carbocycles. The van der Waals surface area contributed by atoms with Crippen LogP contribution < -0.4 is 10.1 Å². The summed E-state index contributed by atoms with van der Waals surface area (Å²) in [5.41, 5.74) is 3.99. The molecule has 98 valence electrons. The maximum atomic E-state index is 5.53. The average molecular weight is 253 g/mol. The number of hydrogen-bond acceptors (Lipinski definition) is 2. The standard InChI is InChI=1S/C17H19NO/c1-13(15-5-3-2-4-6-15)18-12-14-7-8-17-16(11-14)9-10-19-17/h2-8,11,13,18H,9-10,12H2,1H3/t13-/m1/s1. The van der Waals surface area contributed by atoms with Crippen LogP contribution in [0.5, 0.6) is 5.75 Å². The smallest absolute Gasteiger partial charge is 0.122 e. The van der Waals surface area contributed by atoms with Gasteiger partial charge in [0.2, 0.25) is 0 Å². The summed E-state index contributed by atoms with van der Waals surface area (Å²) in [5.74, 6) is 1.06. The molecule has 3 rings (SSSR count). The SMILES string of the molecule is C[C@@H](NCc1ccc2c(c1)CCO2)c1ccccc1. The van der Waals surface area contributed by atoms with Gasteiger partial charge in [0, 0.05) is 19.0 Å². The molecule has 19 heavy (non-hydrogen) atoms. The van der Waals surface area contributed by atoms with Crippen molar-refractivity contribution in [1.29, 1.82) is 0 Å². The molecule has 2 aromatic rings. The van der Waals surface area contributed by atoms with Gasteiger partial charge < -0.3 is 10.1 Å². The van der Waals surface area contributed by atoms with Crippen molar-refractivity contribution >= 4 is 0 Å². The molecule has 0 radical (unpaired) electrons. The molecule has 2 heteroatoms. The van der Waals surface area contributed by atoms with Gasteiger partial charge in [0.25, 0.3) is 0 Å². The van der Waals surface area contributed by atoms with Gasteiger partial charge in [-0.1, -0.05) is 42.5 Å². The Balaban J connectivity index is 1.63. The highest BCUT2D eigenvalue weighted by atomic mass is 16.5. The van der Waals surface area contributed by atoms with Crippen LogP contribution in [0.2, 0.25) is 0 Å². The maximum Gasteiger partial charge on any atom is 0.122 e. The third-order valence-corrected chi connectivity index (χ3v) is 3.67. The van der Waals surface area contributed by atoms with Crippen LogP contribution >= 0.6 is 0 Å². The van der Waals surface area contributed by atoms with E-state index in [1.54, 1.807) is 0 Å². The van der Waals surface area contributed by atoms with Crippen LogP contribution in [0, 0.1) is 0 Å². The third kappa shape index (κ3) is 2.79. The number of ether oxygens (including phenoxy) is 1. The van der Waals surface area contributed by atoms with Gasteiger partial charge in [0.05, 0.1) is 6.61 Å². The fourth-order valence-corrected chi connectivity index (χ4v) is 2.48. The van der Waals surface area contributed by atoms with E-state index < -0.39 is 0 Å². The van der Waals surface area contributed by atoms with Gasteiger partial charge in [-0.15, -0.1) is 0 Å². The van der Waals surface area contributed by atoms with Gasteiger partial charge in [-0.2, -0.15) is 0 Å². The Bertz CT molecular complexity index is 550. The molecule has 1 aliphatic rings. The normalized spacial score (nSPS) is 14.8. The summed E-state index contributed by atoms with van der Waals surface area (Å²) in [7, 11) is 0. The molecule has 2 nitrogen and oxygen atoms in total. The van der Waals surface area contributed by atoms with Crippen LogP contribution in [-0.2, 0) is 13.0 Å². The number of rotatable bonds is 4. The van der Waals surface area contributed by atoms with E-state index in [1.165, 1.54) is 16.7 Å². The number of nitrogens with one attached hydrogen (secondary N) is 1. The first-order valence-corrected chi connectivity index (χ1v) is 6.86. The minimum absolute atomic E-state index is 0.366. The molecule has 0 fully saturated rings. The second kappa shape index (κ2) is 5.45. The third-order valence-electron chi connectivity index (χ3n) is 3.67. The Hall–Kier alpha value is -1.80.